The number of morpholine rings is 1. The van der Waals surface area contributed by atoms with Crippen molar-refractivity contribution in [2.45, 2.75) is 13.5 Å². The van der Waals surface area contributed by atoms with E-state index in [1.54, 1.807) is 12.1 Å². The fourth-order valence-corrected chi connectivity index (χ4v) is 3.00. The first-order chi connectivity index (χ1) is 12.6. The number of methoxy groups -OCH3 is 1. The number of carbonyl (C=O) groups excluding carboxylic acids is 1. The molecule has 1 saturated heterocycles. The van der Waals surface area contributed by atoms with Gasteiger partial charge in [0.25, 0.3) is 5.91 Å². The van der Waals surface area contributed by atoms with Crippen LogP contribution in [0.25, 0.3) is 0 Å². The van der Waals surface area contributed by atoms with Gasteiger partial charge in [0.05, 0.1) is 20.3 Å². The molecule has 2 aromatic rings. The molecule has 0 bridgehead atoms. The highest BCUT2D eigenvalue weighted by atomic mass is 35.5. The molecule has 0 atom stereocenters. The summed E-state index contributed by atoms with van der Waals surface area (Å²) in [7, 11) is 1.53. The number of nitrogens with one attached hydrogen (secondary N) is 1. The van der Waals surface area contributed by atoms with Crippen molar-refractivity contribution in [2.75, 3.05) is 38.3 Å². The zero-order chi connectivity index (χ0) is 18.5. The van der Waals surface area contributed by atoms with Crippen LogP contribution in [-0.2, 0) is 11.3 Å². The maximum absolute atomic E-state index is 12.7. The van der Waals surface area contributed by atoms with Gasteiger partial charge in [-0.25, -0.2) is 0 Å². The Morgan fingerprint density at radius 2 is 2.00 bits per heavy atom. The Kier molecular flexibility index (Phi) is 5.96. The second kappa shape index (κ2) is 8.38. The quantitative estimate of drug-likeness (QED) is 0.870. The van der Waals surface area contributed by atoms with Crippen molar-refractivity contribution in [3.05, 3.63) is 52.0 Å². The number of pyridine rings is 1. The van der Waals surface area contributed by atoms with Gasteiger partial charge in [0.1, 0.15) is 11.4 Å². The molecular weight excluding hydrogens is 354 g/mol. The summed E-state index contributed by atoms with van der Waals surface area (Å²) in [6.07, 6.45) is 0. The van der Waals surface area contributed by atoms with Gasteiger partial charge in [-0.15, -0.1) is 0 Å². The first kappa shape index (κ1) is 18.5. The molecule has 1 aliphatic heterocycles. The Balaban J connectivity index is 1.77. The summed E-state index contributed by atoms with van der Waals surface area (Å²) in [5.41, 5.74) is 2.25. The molecule has 7 heteroatoms. The first-order valence-corrected chi connectivity index (χ1v) is 8.87. The minimum Gasteiger partial charge on any atom is -0.480 e. The number of hydrogen-bond acceptors (Lipinski definition) is 5. The molecule has 1 N–H and O–H groups in total. The van der Waals surface area contributed by atoms with Crippen LogP contribution in [0.15, 0.2) is 30.3 Å². The molecule has 1 fully saturated rings. The molecular formula is C19H22ClN3O3. The third kappa shape index (κ3) is 4.26. The molecule has 6 nitrogen and oxygen atoms in total. The summed E-state index contributed by atoms with van der Waals surface area (Å²) < 4.78 is 10.8. The van der Waals surface area contributed by atoms with Crippen molar-refractivity contribution in [3.63, 3.8) is 0 Å². The lowest BCUT2D eigenvalue weighted by molar-refractivity contribution is 0.0946. The zero-order valence-corrected chi connectivity index (χ0v) is 15.7. The number of rotatable bonds is 5. The molecule has 1 aromatic heterocycles. The Morgan fingerprint density at radius 1 is 1.31 bits per heavy atom. The number of halogens is 1. The molecule has 0 aliphatic carbocycles. The average Bonchev–Trinajstić information content (AvgIpc) is 2.67. The van der Waals surface area contributed by atoms with E-state index in [0.29, 0.717) is 36.2 Å². The van der Waals surface area contributed by atoms with Crippen LogP contribution in [0.2, 0.25) is 5.02 Å². The molecule has 3 rings (SSSR count). The summed E-state index contributed by atoms with van der Waals surface area (Å²) in [6.45, 7) is 5.20. The molecule has 26 heavy (non-hydrogen) atoms. The maximum atomic E-state index is 12.7. The summed E-state index contributed by atoms with van der Waals surface area (Å²) in [5.74, 6) is 0.923. The Hall–Kier alpha value is -2.31. The van der Waals surface area contributed by atoms with E-state index in [2.05, 4.69) is 15.2 Å². The van der Waals surface area contributed by atoms with Crippen LogP contribution in [0, 0.1) is 6.92 Å². The minimum absolute atomic E-state index is 0.213. The molecule has 0 saturated carbocycles. The highest BCUT2D eigenvalue weighted by Gasteiger charge is 2.21. The summed E-state index contributed by atoms with van der Waals surface area (Å²) in [5, 5.41) is 3.58. The van der Waals surface area contributed by atoms with Gasteiger partial charge in [0.2, 0.25) is 5.88 Å². The fraction of sp³-hybridized carbons (Fsp3) is 0.368. The lowest BCUT2D eigenvalue weighted by Crippen LogP contribution is -2.37. The minimum atomic E-state index is -0.213. The summed E-state index contributed by atoms with van der Waals surface area (Å²) in [4.78, 5) is 19.3. The van der Waals surface area contributed by atoms with E-state index < -0.39 is 0 Å². The molecule has 0 spiro atoms. The monoisotopic (exact) mass is 375 g/mol. The van der Waals surface area contributed by atoms with Gasteiger partial charge in [0, 0.05) is 24.7 Å². The van der Waals surface area contributed by atoms with Gasteiger partial charge in [-0.1, -0.05) is 23.7 Å². The second-order valence-corrected chi connectivity index (χ2v) is 6.53. The van der Waals surface area contributed by atoms with Gasteiger partial charge in [0.15, 0.2) is 0 Å². The van der Waals surface area contributed by atoms with Crippen LogP contribution < -0.4 is 15.0 Å². The van der Waals surface area contributed by atoms with Crippen molar-refractivity contribution in [1.82, 2.24) is 10.3 Å². The molecule has 2 heterocycles. The van der Waals surface area contributed by atoms with Crippen molar-refractivity contribution in [1.29, 1.82) is 0 Å². The smallest absolute Gasteiger partial charge is 0.257 e. The van der Waals surface area contributed by atoms with Crippen LogP contribution >= 0.6 is 11.6 Å². The van der Waals surface area contributed by atoms with Gasteiger partial charge in [-0.05, 0) is 36.2 Å². The van der Waals surface area contributed by atoms with Crippen LogP contribution in [0.4, 0.5) is 5.82 Å². The van der Waals surface area contributed by atoms with Gasteiger partial charge < -0.3 is 19.7 Å². The van der Waals surface area contributed by atoms with Crippen LogP contribution in [-0.4, -0.2) is 44.3 Å². The SMILES string of the molecule is COc1nc(N2CCOCC2)cc(C)c1C(=O)NCc1ccc(Cl)cc1. The number of aromatic nitrogens is 1. The predicted octanol–water partition coefficient (Wildman–Crippen LogP) is 2.82. The highest BCUT2D eigenvalue weighted by Crippen LogP contribution is 2.26. The fourth-order valence-electron chi connectivity index (χ4n) is 2.88. The average molecular weight is 376 g/mol. The van der Waals surface area contributed by atoms with Crippen LogP contribution in [0.1, 0.15) is 21.5 Å². The zero-order valence-electron chi connectivity index (χ0n) is 14.9. The topological polar surface area (TPSA) is 63.7 Å². The van der Waals surface area contributed by atoms with Crippen molar-refractivity contribution >= 4 is 23.3 Å². The van der Waals surface area contributed by atoms with E-state index in [-0.39, 0.29) is 5.91 Å². The molecule has 1 aliphatic rings. The molecule has 1 amide bonds. The number of nitrogens with zero attached hydrogens (tertiary/aromatic N) is 2. The Morgan fingerprint density at radius 3 is 2.65 bits per heavy atom. The summed E-state index contributed by atoms with van der Waals surface area (Å²) in [6, 6.07) is 9.28. The predicted molar refractivity (Wildman–Crippen MR) is 101 cm³/mol. The van der Waals surface area contributed by atoms with E-state index in [1.165, 1.54) is 7.11 Å². The lowest BCUT2D eigenvalue weighted by atomic mass is 10.1. The molecule has 1 aromatic carbocycles. The van der Waals surface area contributed by atoms with E-state index in [4.69, 9.17) is 21.1 Å². The normalized spacial score (nSPS) is 14.2. The number of carbonyl (C=O) groups is 1. The number of aryl methyl sites for hydroxylation is 1. The van der Waals surface area contributed by atoms with Crippen molar-refractivity contribution in [2.24, 2.45) is 0 Å². The number of anilines is 1. The molecule has 0 unspecified atom stereocenters. The molecule has 0 radical (unpaired) electrons. The van der Waals surface area contributed by atoms with Gasteiger partial charge in [-0.3, -0.25) is 4.79 Å². The van der Waals surface area contributed by atoms with Crippen LogP contribution in [0.3, 0.4) is 0 Å². The maximum Gasteiger partial charge on any atom is 0.257 e. The number of amides is 1. The second-order valence-electron chi connectivity index (χ2n) is 6.09. The third-order valence-electron chi connectivity index (χ3n) is 4.29. The Labute approximate surface area is 158 Å². The van der Waals surface area contributed by atoms with E-state index in [0.717, 1.165) is 30.0 Å². The van der Waals surface area contributed by atoms with Gasteiger partial charge in [-0.2, -0.15) is 4.98 Å². The van der Waals surface area contributed by atoms with E-state index in [1.807, 2.05) is 25.1 Å². The largest absolute Gasteiger partial charge is 0.480 e. The number of benzene rings is 1. The van der Waals surface area contributed by atoms with E-state index in [9.17, 15) is 4.79 Å². The summed E-state index contributed by atoms with van der Waals surface area (Å²) >= 11 is 5.89. The Bertz CT molecular complexity index is 774. The number of ether oxygens (including phenoxy) is 2. The first-order valence-electron chi connectivity index (χ1n) is 8.49. The molecule has 138 valence electrons. The van der Waals surface area contributed by atoms with Crippen LogP contribution in [0.5, 0.6) is 5.88 Å². The highest BCUT2D eigenvalue weighted by molar-refractivity contribution is 6.30. The standard InChI is InChI=1S/C19H22ClN3O3/c1-13-11-16(23-7-9-26-10-8-23)22-19(25-2)17(13)18(24)21-12-14-3-5-15(20)6-4-14/h3-6,11H,7-10,12H2,1-2H3,(H,21,24). The van der Waals surface area contributed by atoms with Crippen molar-refractivity contribution in [3.8, 4) is 5.88 Å². The lowest BCUT2D eigenvalue weighted by Gasteiger charge is -2.28. The third-order valence-corrected chi connectivity index (χ3v) is 4.54. The van der Waals surface area contributed by atoms with Gasteiger partial charge >= 0.3 is 0 Å². The number of hydrogen-bond donors (Lipinski definition) is 1. The van der Waals surface area contributed by atoms with E-state index >= 15 is 0 Å². The van der Waals surface area contributed by atoms with Crippen molar-refractivity contribution < 1.29 is 14.3 Å².